The van der Waals surface area contributed by atoms with E-state index in [1.54, 1.807) is 6.07 Å². The van der Waals surface area contributed by atoms with Crippen LogP contribution in [0, 0.1) is 0 Å². The number of halogens is 3. The van der Waals surface area contributed by atoms with Crippen LogP contribution in [0.1, 0.15) is 18.0 Å². The zero-order chi connectivity index (χ0) is 11.8. The quantitative estimate of drug-likeness (QED) is 0.809. The largest absolute Gasteiger partial charge is 0.573 e. The highest BCUT2D eigenvalue weighted by Crippen LogP contribution is 2.40. The van der Waals surface area contributed by atoms with Crippen LogP contribution in [0.3, 0.4) is 0 Å². The molecule has 0 amide bonds. The van der Waals surface area contributed by atoms with Crippen molar-refractivity contribution < 1.29 is 22.6 Å². The number of hydrogen-bond acceptors (Lipinski definition) is 3. The first kappa shape index (κ1) is 11.1. The van der Waals surface area contributed by atoms with Gasteiger partial charge in [0.15, 0.2) is 11.5 Å². The average Bonchev–Trinajstić information content (AvgIpc) is 2.17. The molecule has 0 unspecified atom stereocenters. The molecule has 0 radical (unpaired) electrons. The van der Waals surface area contributed by atoms with Crippen LogP contribution in [0.15, 0.2) is 18.2 Å². The van der Waals surface area contributed by atoms with E-state index in [1.165, 1.54) is 12.1 Å². The van der Waals surface area contributed by atoms with E-state index in [0.717, 1.165) is 0 Å². The number of benzene rings is 1. The summed E-state index contributed by atoms with van der Waals surface area (Å²) < 4.78 is 45.3. The van der Waals surface area contributed by atoms with Crippen LogP contribution in [-0.2, 0) is 0 Å². The first-order valence-electron chi connectivity index (χ1n) is 4.74. The Morgan fingerprint density at radius 2 is 2.12 bits per heavy atom. The van der Waals surface area contributed by atoms with Crippen LogP contribution in [0.2, 0.25) is 0 Å². The van der Waals surface area contributed by atoms with Crippen LogP contribution in [0.5, 0.6) is 11.5 Å². The van der Waals surface area contributed by atoms with Gasteiger partial charge in [-0.15, -0.1) is 13.2 Å². The van der Waals surface area contributed by atoms with E-state index in [2.05, 4.69) is 4.74 Å². The van der Waals surface area contributed by atoms with Gasteiger partial charge in [0.25, 0.3) is 0 Å². The Labute approximate surface area is 89.9 Å². The fourth-order valence-electron chi connectivity index (χ4n) is 1.63. The highest BCUT2D eigenvalue weighted by molar-refractivity contribution is 5.49. The lowest BCUT2D eigenvalue weighted by Gasteiger charge is -2.25. The van der Waals surface area contributed by atoms with Gasteiger partial charge in [0.2, 0.25) is 0 Å². The van der Waals surface area contributed by atoms with Crippen LogP contribution >= 0.6 is 0 Å². The van der Waals surface area contributed by atoms with Crippen LogP contribution in [0.4, 0.5) is 13.2 Å². The number of fused-ring (bicyclic) bond motifs is 1. The molecule has 2 rings (SSSR count). The fraction of sp³-hybridized carbons (Fsp3) is 0.400. The van der Waals surface area contributed by atoms with Crippen LogP contribution in [-0.4, -0.2) is 13.0 Å². The van der Waals surface area contributed by atoms with Gasteiger partial charge in [-0.05, 0) is 6.07 Å². The van der Waals surface area contributed by atoms with Gasteiger partial charge >= 0.3 is 6.36 Å². The minimum atomic E-state index is -4.72. The molecule has 1 aliphatic heterocycles. The third kappa shape index (κ3) is 2.21. The van der Waals surface area contributed by atoms with Gasteiger partial charge in [0, 0.05) is 18.0 Å². The van der Waals surface area contributed by atoms with Gasteiger partial charge in [0.05, 0.1) is 6.61 Å². The predicted molar refractivity (Wildman–Crippen MR) is 50.2 cm³/mol. The molecule has 0 spiro atoms. The Hall–Kier alpha value is -1.43. The van der Waals surface area contributed by atoms with E-state index >= 15 is 0 Å². The van der Waals surface area contributed by atoms with Crippen molar-refractivity contribution in [3.05, 3.63) is 23.8 Å². The lowest BCUT2D eigenvalue weighted by molar-refractivity contribution is -0.275. The smallest absolute Gasteiger partial charge is 0.489 e. The number of alkyl halides is 3. The number of para-hydroxylation sites is 1. The minimum absolute atomic E-state index is 0.0959. The summed E-state index contributed by atoms with van der Waals surface area (Å²) >= 11 is 0. The average molecular weight is 233 g/mol. The van der Waals surface area contributed by atoms with E-state index in [0.29, 0.717) is 18.6 Å². The molecule has 16 heavy (non-hydrogen) atoms. The monoisotopic (exact) mass is 233 g/mol. The second-order valence-corrected chi connectivity index (χ2v) is 3.47. The SMILES string of the molecule is N[C@@H]1CCOc2c(OC(F)(F)F)cccc21. The van der Waals surface area contributed by atoms with Crippen LogP contribution in [0.25, 0.3) is 0 Å². The number of hydrogen-bond donors (Lipinski definition) is 1. The maximum Gasteiger partial charge on any atom is 0.573 e. The first-order chi connectivity index (χ1) is 7.47. The molecule has 1 heterocycles. The zero-order valence-corrected chi connectivity index (χ0v) is 8.25. The molecule has 0 saturated carbocycles. The van der Waals surface area contributed by atoms with E-state index in [4.69, 9.17) is 10.5 Å². The molecule has 6 heteroatoms. The lowest BCUT2D eigenvalue weighted by atomic mass is 10.0. The second kappa shape index (κ2) is 3.86. The van der Waals surface area contributed by atoms with Gasteiger partial charge in [-0.2, -0.15) is 0 Å². The predicted octanol–water partition coefficient (Wildman–Crippen LogP) is 2.37. The van der Waals surface area contributed by atoms with Gasteiger partial charge in [0.1, 0.15) is 0 Å². The molecule has 1 atom stereocenters. The summed E-state index contributed by atoms with van der Waals surface area (Å²) in [6, 6.07) is 4.02. The molecular formula is C10H10F3NO2. The third-order valence-corrected chi connectivity index (χ3v) is 2.31. The van der Waals surface area contributed by atoms with Crippen molar-refractivity contribution in [2.45, 2.75) is 18.8 Å². The molecule has 2 N–H and O–H groups in total. The van der Waals surface area contributed by atoms with E-state index in [9.17, 15) is 13.2 Å². The molecule has 1 aliphatic rings. The molecule has 88 valence electrons. The lowest BCUT2D eigenvalue weighted by Crippen LogP contribution is -2.23. The Bertz CT molecular complexity index is 392. The molecule has 1 aromatic carbocycles. The summed E-state index contributed by atoms with van der Waals surface area (Å²) in [7, 11) is 0. The highest BCUT2D eigenvalue weighted by atomic mass is 19.4. The second-order valence-electron chi connectivity index (χ2n) is 3.47. The highest BCUT2D eigenvalue weighted by Gasteiger charge is 2.34. The van der Waals surface area contributed by atoms with Crippen molar-refractivity contribution in [2.24, 2.45) is 5.73 Å². The van der Waals surface area contributed by atoms with E-state index < -0.39 is 6.36 Å². The topological polar surface area (TPSA) is 44.5 Å². The van der Waals surface area contributed by atoms with Crippen molar-refractivity contribution >= 4 is 0 Å². The van der Waals surface area contributed by atoms with Crippen molar-refractivity contribution in [1.29, 1.82) is 0 Å². The van der Waals surface area contributed by atoms with Crippen molar-refractivity contribution in [3.8, 4) is 11.5 Å². The van der Waals surface area contributed by atoms with Crippen LogP contribution < -0.4 is 15.2 Å². The standard InChI is InChI=1S/C10H10F3NO2/c11-10(12,13)16-8-3-1-2-6-7(14)4-5-15-9(6)8/h1-3,7H,4-5,14H2/t7-/m1/s1. The number of rotatable bonds is 1. The van der Waals surface area contributed by atoms with Gasteiger partial charge in [-0.3, -0.25) is 0 Å². The number of nitrogens with two attached hydrogens (primary N) is 1. The van der Waals surface area contributed by atoms with Crippen molar-refractivity contribution in [2.75, 3.05) is 6.61 Å². The molecular weight excluding hydrogens is 223 g/mol. The molecule has 3 nitrogen and oxygen atoms in total. The Kier molecular flexibility index (Phi) is 2.67. The molecule has 0 bridgehead atoms. The first-order valence-corrected chi connectivity index (χ1v) is 4.74. The molecule has 0 aliphatic carbocycles. The van der Waals surface area contributed by atoms with Gasteiger partial charge in [-0.1, -0.05) is 12.1 Å². The molecule has 0 saturated heterocycles. The number of ether oxygens (including phenoxy) is 2. The Morgan fingerprint density at radius 3 is 2.81 bits per heavy atom. The minimum Gasteiger partial charge on any atom is -0.489 e. The third-order valence-electron chi connectivity index (χ3n) is 2.31. The summed E-state index contributed by atoms with van der Waals surface area (Å²) in [4.78, 5) is 0. The summed E-state index contributed by atoms with van der Waals surface area (Å²) in [5.74, 6) is -0.237. The molecule has 0 aromatic heterocycles. The molecule has 1 aromatic rings. The van der Waals surface area contributed by atoms with Crippen molar-refractivity contribution in [1.82, 2.24) is 0 Å². The van der Waals surface area contributed by atoms with Crippen molar-refractivity contribution in [3.63, 3.8) is 0 Å². The molecule has 0 fully saturated rings. The maximum absolute atomic E-state index is 12.1. The Balaban J connectivity index is 2.36. The van der Waals surface area contributed by atoms with E-state index in [1.807, 2.05) is 0 Å². The summed E-state index contributed by atoms with van der Waals surface area (Å²) in [6.45, 7) is 0.298. The Morgan fingerprint density at radius 1 is 1.38 bits per heavy atom. The van der Waals surface area contributed by atoms with Gasteiger partial charge in [-0.25, -0.2) is 0 Å². The van der Waals surface area contributed by atoms with Gasteiger partial charge < -0.3 is 15.2 Å². The van der Waals surface area contributed by atoms with E-state index in [-0.39, 0.29) is 17.5 Å². The maximum atomic E-state index is 12.1. The fourth-order valence-corrected chi connectivity index (χ4v) is 1.63. The zero-order valence-electron chi connectivity index (χ0n) is 8.25. The summed E-state index contributed by atoms with van der Waals surface area (Å²) in [5, 5.41) is 0. The normalized spacial score (nSPS) is 19.9. The summed E-state index contributed by atoms with van der Waals surface area (Å²) in [6.07, 6.45) is -4.14. The summed E-state index contributed by atoms with van der Waals surface area (Å²) in [5.41, 5.74) is 6.31.